The Balaban J connectivity index is 1.42. The number of imidazole rings is 1. The van der Waals surface area contributed by atoms with Crippen molar-refractivity contribution in [3.8, 4) is 0 Å². The van der Waals surface area contributed by atoms with E-state index in [9.17, 15) is 0 Å². The van der Waals surface area contributed by atoms with E-state index in [-0.39, 0.29) is 0 Å². The van der Waals surface area contributed by atoms with Gasteiger partial charge in [-0.25, -0.2) is 4.98 Å². The van der Waals surface area contributed by atoms with Crippen molar-refractivity contribution < 1.29 is 0 Å². The molecular weight excluding hydrogens is 250 g/mol. The first kappa shape index (κ1) is 12.1. The number of nitrogens with zero attached hydrogens (tertiary/aromatic N) is 5. The SMILES string of the molecule is Cc1cnn(C2CCN(Cc3nccn3C3CC3)C2)c1. The molecule has 1 saturated carbocycles. The third kappa shape index (κ3) is 2.26. The molecule has 5 heteroatoms. The molecule has 4 rings (SSSR count). The molecule has 1 saturated heterocycles. The molecule has 0 spiro atoms. The van der Waals surface area contributed by atoms with Crippen molar-refractivity contribution in [1.82, 2.24) is 24.2 Å². The third-order valence-electron chi connectivity index (χ3n) is 4.41. The zero-order chi connectivity index (χ0) is 13.5. The highest BCUT2D eigenvalue weighted by molar-refractivity contribution is 5.02. The first-order valence-corrected chi connectivity index (χ1v) is 7.54. The Morgan fingerprint density at radius 2 is 2.15 bits per heavy atom. The molecule has 0 radical (unpaired) electrons. The summed E-state index contributed by atoms with van der Waals surface area (Å²) in [5.41, 5.74) is 1.24. The van der Waals surface area contributed by atoms with Gasteiger partial charge in [0.05, 0.1) is 18.8 Å². The van der Waals surface area contributed by atoms with Crippen LogP contribution in [0.1, 0.15) is 42.7 Å². The maximum atomic E-state index is 4.54. The van der Waals surface area contributed by atoms with E-state index in [1.165, 1.54) is 30.7 Å². The van der Waals surface area contributed by atoms with Gasteiger partial charge < -0.3 is 4.57 Å². The molecule has 1 atom stereocenters. The van der Waals surface area contributed by atoms with Crippen LogP contribution in [0.5, 0.6) is 0 Å². The number of hydrogen-bond donors (Lipinski definition) is 0. The largest absolute Gasteiger partial charge is 0.331 e. The first-order chi connectivity index (χ1) is 9.79. The first-order valence-electron chi connectivity index (χ1n) is 7.54. The zero-order valence-electron chi connectivity index (χ0n) is 11.9. The Labute approximate surface area is 119 Å². The van der Waals surface area contributed by atoms with E-state index in [1.54, 1.807) is 0 Å². The Hall–Kier alpha value is -1.62. The van der Waals surface area contributed by atoms with Gasteiger partial charge in [-0.1, -0.05) is 0 Å². The normalized spacial score (nSPS) is 23.6. The van der Waals surface area contributed by atoms with E-state index < -0.39 is 0 Å². The topological polar surface area (TPSA) is 38.9 Å². The van der Waals surface area contributed by atoms with E-state index >= 15 is 0 Å². The van der Waals surface area contributed by atoms with Crippen LogP contribution in [0.25, 0.3) is 0 Å². The van der Waals surface area contributed by atoms with Crippen LogP contribution in [-0.4, -0.2) is 37.3 Å². The van der Waals surface area contributed by atoms with E-state index in [0.29, 0.717) is 6.04 Å². The van der Waals surface area contributed by atoms with Crippen molar-refractivity contribution >= 4 is 0 Å². The predicted molar refractivity (Wildman–Crippen MR) is 76.4 cm³/mol. The highest BCUT2D eigenvalue weighted by Gasteiger charge is 2.28. The van der Waals surface area contributed by atoms with E-state index in [2.05, 4.69) is 43.5 Å². The van der Waals surface area contributed by atoms with Crippen LogP contribution in [0, 0.1) is 6.92 Å². The molecule has 3 heterocycles. The molecule has 2 aromatic heterocycles. The lowest BCUT2D eigenvalue weighted by Gasteiger charge is -2.16. The van der Waals surface area contributed by atoms with Crippen molar-refractivity contribution in [1.29, 1.82) is 0 Å². The average molecular weight is 271 g/mol. The smallest absolute Gasteiger partial charge is 0.123 e. The number of rotatable bonds is 4. The number of aryl methyl sites for hydroxylation is 1. The number of likely N-dealkylation sites (tertiary alicyclic amines) is 1. The summed E-state index contributed by atoms with van der Waals surface area (Å²) in [6.45, 7) is 5.29. The summed E-state index contributed by atoms with van der Waals surface area (Å²) in [7, 11) is 0. The zero-order valence-corrected chi connectivity index (χ0v) is 11.9. The summed E-state index contributed by atoms with van der Waals surface area (Å²) in [4.78, 5) is 7.04. The summed E-state index contributed by atoms with van der Waals surface area (Å²) in [6, 6.07) is 1.24. The molecule has 0 N–H and O–H groups in total. The number of aromatic nitrogens is 4. The maximum absolute atomic E-state index is 4.54. The maximum Gasteiger partial charge on any atom is 0.123 e. The second-order valence-electron chi connectivity index (χ2n) is 6.16. The van der Waals surface area contributed by atoms with Gasteiger partial charge in [0, 0.05) is 37.7 Å². The van der Waals surface area contributed by atoms with Crippen molar-refractivity contribution in [2.75, 3.05) is 13.1 Å². The summed E-state index contributed by atoms with van der Waals surface area (Å²) in [6.07, 6.45) is 12.0. The highest BCUT2D eigenvalue weighted by atomic mass is 15.3. The van der Waals surface area contributed by atoms with Gasteiger partial charge in [0.15, 0.2) is 0 Å². The van der Waals surface area contributed by atoms with Crippen molar-refractivity contribution in [3.05, 3.63) is 36.2 Å². The monoisotopic (exact) mass is 271 g/mol. The van der Waals surface area contributed by atoms with Crippen LogP contribution in [0.15, 0.2) is 24.8 Å². The van der Waals surface area contributed by atoms with Crippen molar-refractivity contribution in [2.24, 2.45) is 0 Å². The molecule has 1 unspecified atom stereocenters. The second kappa shape index (κ2) is 4.74. The predicted octanol–water partition coefficient (Wildman–Crippen LogP) is 2.17. The summed E-state index contributed by atoms with van der Waals surface area (Å²) < 4.78 is 4.49. The van der Waals surface area contributed by atoms with E-state index in [1.807, 2.05) is 12.4 Å². The fourth-order valence-corrected chi connectivity index (χ4v) is 3.16. The molecule has 106 valence electrons. The lowest BCUT2D eigenvalue weighted by atomic mass is 10.3. The van der Waals surface area contributed by atoms with Gasteiger partial charge in [0.25, 0.3) is 0 Å². The van der Waals surface area contributed by atoms with Gasteiger partial charge in [0.2, 0.25) is 0 Å². The molecule has 0 amide bonds. The fraction of sp³-hybridized carbons (Fsp3) is 0.600. The van der Waals surface area contributed by atoms with Crippen LogP contribution in [0.2, 0.25) is 0 Å². The molecule has 0 aromatic carbocycles. The molecule has 2 aliphatic rings. The van der Waals surface area contributed by atoms with E-state index in [0.717, 1.165) is 25.7 Å². The van der Waals surface area contributed by atoms with Crippen LogP contribution in [-0.2, 0) is 6.54 Å². The standard InChI is InChI=1S/C15H21N5/c1-12-8-17-20(9-12)14-4-6-18(10-14)11-15-16-5-7-19(15)13-2-3-13/h5,7-9,13-14H,2-4,6,10-11H2,1H3. The second-order valence-corrected chi connectivity index (χ2v) is 6.16. The molecule has 0 bridgehead atoms. The molecule has 1 aliphatic heterocycles. The van der Waals surface area contributed by atoms with Gasteiger partial charge in [-0.15, -0.1) is 0 Å². The van der Waals surface area contributed by atoms with Crippen molar-refractivity contribution in [3.63, 3.8) is 0 Å². The number of hydrogen-bond acceptors (Lipinski definition) is 3. The Morgan fingerprint density at radius 1 is 1.25 bits per heavy atom. The summed E-state index contributed by atoms with van der Waals surface area (Å²) >= 11 is 0. The van der Waals surface area contributed by atoms with Gasteiger partial charge >= 0.3 is 0 Å². The third-order valence-corrected chi connectivity index (χ3v) is 4.41. The Morgan fingerprint density at radius 3 is 2.90 bits per heavy atom. The molecule has 2 fully saturated rings. The Bertz CT molecular complexity index is 595. The molecule has 1 aliphatic carbocycles. The molecule has 2 aromatic rings. The van der Waals surface area contributed by atoms with Gasteiger partial charge in [-0.05, 0) is 31.7 Å². The lowest BCUT2D eigenvalue weighted by Crippen LogP contribution is -2.23. The quantitative estimate of drug-likeness (QED) is 0.855. The highest BCUT2D eigenvalue weighted by Crippen LogP contribution is 2.36. The summed E-state index contributed by atoms with van der Waals surface area (Å²) in [5, 5.41) is 4.45. The van der Waals surface area contributed by atoms with Gasteiger partial charge in [0.1, 0.15) is 5.82 Å². The van der Waals surface area contributed by atoms with Crippen LogP contribution in [0.4, 0.5) is 0 Å². The van der Waals surface area contributed by atoms with Gasteiger partial charge in [-0.3, -0.25) is 9.58 Å². The minimum absolute atomic E-state index is 0.521. The van der Waals surface area contributed by atoms with Crippen LogP contribution >= 0.6 is 0 Å². The van der Waals surface area contributed by atoms with Gasteiger partial charge in [-0.2, -0.15) is 5.10 Å². The average Bonchev–Trinajstić information content (AvgIpc) is 2.87. The van der Waals surface area contributed by atoms with Crippen LogP contribution in [0.3, 0.4) is 0 Å². The lowest BCUT2D eigenvalue weighted by molar-refractivity contribution is 0.299. The van der Waals surface area contributed by atoms with Crippen molar-refractivity contribution in [2.45, 2.75) is 44.8 Å². The minimum Gasteiger partial charge on any atom is -0.331 e. The fourth-order valence-electron chi connectivity index (χ4n) is 3.16. The van der Waals surface area contributed by atoms with E-state index in [4.69, 9.17) is 0 Å². The Kier molecular flexibility index (Phi) is 2.88. The summed E-state index contributed by atoms with van der Waals surface area (Å²) in [5.74, 6) is 1.23. The van der Waals surface area contributed by atoms with Crippen LogP contribution < -0.4 is 0 Å². The minimum atomic E-state index is 0.521. The molecule has 20 heavy (non-hydrogen) atoms. The molecular formula is C15H21N5. The molecule has 5 nitrogen and oxygen atoms in total.